The van der Waals surface area contributed by atoms with Gasteiger partial charge >= 0.3 is 0 Å². The molecular weight excluding hydrogens is 273 g/mol. The molecule has 0 amide bonds. The quantitative estimate of drug-likeness (QED) is 0.878. The van der Waals surface area contributed by atoms with Crippen LogP contribution in [0.2, 0.25) is 0 Å². The van der Waals surface area contributed by atoms with Crippen molar-refractivity contribution in [1.82, 2.24) is 9.97 Å². The minimum Gasteiger partial charge on any atom is -0.377 e. The van der Waals surface area contributed by atoms with E-state index < -0.39 is 5.82 Å². The largest absolute Gasteiger partial charge is 0.377 e. The zero-order valence-corrected chi connectivity index (χ0v) is 11.6. The Hall–Kier alpha value is -2.72. The molecule has 1 aromatic heterocycles. The van der Waals surface area contributed by atoms with E-state index in [9.17, 15) is 4.39 Å². The van der Waals surface area contributed by atoms with E-state index in [4.69, 9.17) is 10.00 Å². The molecule has 7 heteroatoms. The van der Waals surface area contributed by atoms with Gasteiger partial charge in [0.05, 0.1) is 5.56 Å². The third kappa shape index (κ3) is 3.64. The molecule has 1 heterocycles. The van der Waals surface area contributed by atoms with Crippen LogP contribution in [0.4, 0.5) is 21.7 Å². The van der Waals surface area contributed by atoms with E-state index in [0.717, 1.165) is 0 Å². The molecule has 0 saturated carbocycles. The summed E-state index contributed by atoms with van der Waals surface area (Å²) < 4.78 is 18.3. The highest BCUT2D eigenvalue weighted by Crippen LogP contribution is 2.20. The van der Waals surface area contributed by atoms with Crippen LogP contribution < -0.4 is 10.6 Å². The predicted octanol–water partition coefficient (Wildman–Crippen LogP) is 2.42. The van der Waals surface area contributed by atoms with Crippen molar-refractivity contribution < 1.29 is 9.13 Å². The van der Waals surface area contributed by atoms with Gasteiger partial charge in [0.25, 0.3) is 0 Å². The standard InChI is InChI=1S/C14H14FN5O/c1-17-12-6-13(20-14(19-12)8-21-2)18-10-3-4-11(15)9(5-10)7-16/h3-6H,8H2,1-2H3,(H2,17,18,19,20). The molecule has 0 fully saturated rings. The highest BCUT2D eigenvalue weighted by Gasteiger charge is 2.06. The van der Waals surface area contributed by atoms with Gasteiger partial charge in [0.2, 0.25) is 0 Å². The molecule has 108 valence electrons. The van der Waals surface area contributed by atoms with Crippen LogP contribution in [-0.4, -0.2) is 24.1 Å². The number of aromatic nitrogens is 2. The molecule has 1 aromatic carbocycles. The van der Waals surface area contributed by atoms with Crippen molar-refractivity contribution in [3.05, 3.63) is 41.5 Å². The Kier molecular flexibility index (Phi) is 4.64. The summed E-state index contributed by atoms with van der Waals surface area (Å²) in [6.07, 6.45) is 0. The Morgan fingerprint density at radius 2 is 2.05 bits per heavy atom. The number of nitrogens with one attached hydrogen (secondary N) is 2. The molecular formula is C14H14FN5O. The monoisotopic (exact) mass is 287 g/mol. The number of ether oxygens (including phenoxy) is 1. The third-order valence-corrected chi connectivity index (χ3v) is 2.66. The van der Waals surface area contributed by atoms with Crippen molar-refractivity contribution in [2.45, 2.75) is 6.61 Å². The van der Waals surface area contributed by atoms with Crippen LogP contribution in [0.25, 0.3) is 0 Å². The summed E-state index contributed by atoms with van der Waals surface area (Å²) in [7, 11) is 3.30. The van der Waals surface area contributed by atoms with Crippen molar-refractivity contribution in [1.29, 1.82) is 5.26 Å². The van der Waals surface area contributed by atoms with Gasteiger partial charge in [-0.15, -0.1) is 0 Å². The lowest BCUT2D eigenvalue weighted by Crippen LogP contribution is -2.05. The van der Waals surface area contributed by atoms with Gasteiger partial charge in [-0.25, -0.2) is 14.4 Å². The maximum Gasteiger partial charge on any atom is 0.158 e. The van der Waals surface area contributed by atoms with Crippen LogP contribution in [0, 0.1) is 17.1 Å². The van der Waals surface area contributed by atoms with Gasteiger partial charge in [-0.2, -0.15) is 5.26 Å². The Morgan fingerprint density at radius 1 is 1.29 bits per heavy atom. The van der Waals surface area contributed by atoms with E-state index in [1.54, 1.807) is 26.3 Å². The number of anilines is 3. The van der Waals surface area contributed by atoms with Crippen molar-refractivity contribution in [3.8, 4) is 6.07 Å². The fourth-order valence-corrected chi connectivity index (χ4v) is 1.72. The topological polar surface area (TPSA) is 82.9 Å². The molecule has 0 aliphatic carbocycles. The normalized spacial score (nSPS) is 10.0. The molecule has 0 radical (unpaired) electrons. The minimum atomic E-state index is -0.554. The Labute approximate surface area is 121 Å². The molecule has 2 aromatic rings. The highest BCUT2D eigenvalue weighted by atomic mass is 19.1. The van der Waals surface area contributed by atoms with Crippen LogP contribution in [0.1, 0.15) is 11.4 Å². The van der Waals surface area contributed by atoms with Crippen molar-refractivity contribution >= 4 is 17.3 Å². The molecule has 2 N–H and O–H groups in total. The number of nitrogens with zero attached hydrogens (tertiary/aromatic N) is 3. The van der Waals surface area contributed by atoms with Gasteiger partial charge in [0.15, 0.2) is 5.82 Å². The van der Waals surface area contributed by atoms with Crippen LogP contribution in [0.15, 0.2) is 24.3 Å². The number of halogens is 1. The Balaban J connectivity index is 2.30. The van der Waals surface area contributed by atoms with Crippen LogP contribution in [-0.2, 0) is 11.3 Å². The Morgan fingerprint density at radius 3 is 2.71 bits per heavy atom. The molecule has 0 aliphatic rings. The fraction of sp³-hybridized carbons (Fsp3) is 0.214. The van der Waals surface area contributed by atoms with E-state index in [0.29, 0.717) is 23.1 Å². The second-order valence-electron chi connectivity index (χ2n) is 4.17. The van der Waals surface area contributed by atoms with E-state index in [1.165, 1.54) is 18.2 Å². The number of rotatable bonds is 5. The highest BCUT2D eigenvalue weighted by molar-refractivity contribution is 5.61. The molecule has 21 heavy (non-hydrogen) atoms. The fourth-order valence-electron chi connectivity index (χ4n) is 1.72. The summed E-state index contributed by atoms with van der Waals surface area (Å²) in [5, 5.41) is 14.8. The SMILES string of the molecule is CNc1cc(Nc2ccc(F)c(C#N)c2)nc(COC)n1. The first kappa shape index (κ1) is 14.7. The number of benzene rings is 1. The summed E-state index contributed by atoms with van der Waals surface area (Å²) in [5.74, 6) is 1.11. The number of hydrogen-bond acceptors (Lipinski definition) is 6. The first-order valence-electron chi connectivity index (χ1n) is 6.17. The van der Waals surface area contributed by atoms with Gasteiger partial charge < -0.3 is 15.4 Å². The second kappa shape index (κ2) is 6.63. The van der Waals surface area contributed by atoms with E-state index in [-0.39, 0.29) is 12.2 Å². The number of hydrogen-bond donors (Lipinski definition) is 2. The first-order chi connectivity index (χ1) is 10.2. The lowest BCUT2D eigenvalue weighted by atomic mass is 10.2. The van der Waals surface area contributed by atoms with Crippen molar-refractivity contribution in [3.63, 3.8) is 0 Å². The maximum absolute atomic E-state index is 13.3. The average Bonchev–Trinajstić information content (AvgIpc) is 2.49. The Bertz CT molecular complexity index is 684. The van der Waals surface area contributed by atoms with Crippen molar-refractivity contribution in [2.24, 2.45) is 0 Å². The zero-order chi connectivity index (χ0) is 15.2. The van der Waals surface area contributed by atoms with Gasteiger partial charge in [0.1, 0.15) is 30.1 Å². The lowest BCUT2D eigenvalue weighted by molar-refractivity contribution is 0.178. The molecule has 2 rings (SSSR count). The van der Waals surface area contributed by atoms with Crippen LogP contribution in [0.3, 0.4) is 0 Å². The maximum atomic E-state index is 13.3. The summed E-state index contributed by atoms with van der Waals surface area (Å²) >= 11 is 0. The van der Waals surface area contributed by atoms with Gasteiger partial charge in [-0.3, -0.25) is 0 Å². The number of nitriles is 1. The molecule has 0 spiro atoms. The zero-order valence-electron chi connectivity index (χ0n) is 11.6. The first-order valence-corrected chi connectivity index (χ1v) is 6.17. The third-order valence-electron chi connectivity index (χ3n) is 2.66. The van der Waals surface area contributed by atoms with E-state index >= 15 is 0 Å². The second-order valence-corrected chi connectivity index (χ2v) is 4.17. The summed E-state index contributed by atoms with van der Waals surface area (Å²) in [6, 6.07) is 7.69. The summed E-state index contributed by atoms with van der Waals surface area (Å²) in [6.45, 7) is 0.275. The molecule has 0 atom stereocenters. The summed E-state index contributed by atoms with van der Waals surface area (Å²) in [4.78, 5) is 8.51. The lowest BCUT2D eigenvalue weighted by Gasteiger charge is -2.10. The van der Waals surface area contributed by atoms with Crippen LogP contribution in [0.5, 0.6) is 0 Å². The van der Waals surface area contributed by atoms with Gasteiger partial charge in [-0.1, -0.05) is 0 Å². The van der Waals surface area contributed by atoms with Crippen LogP contribution >= 0.6 is 0 Å². The number of methoxy groups -OCH3 is 1. The minimum absolute atomic E-state index is 0.0278. The molecule has 0 unspecified atom stereocenters. The summed E-state index contributed by atoms with van der Waals surface area (Å²) in [5.41, 5.74) is 0.539. The van der Waals surface area contributed by atoms with E-state index in [2.05, 4.69) is 20.6 Å². The molecule has 0 bridgehead atoms. The van der Waals surface area contributed by atoms with E-state index in [1.807, 2.05) is 0 Å². The van der Waals surface area contributed by atoms with Crippen molar-refractivity contribution in [2.75, 3.05) is 24.8 Å². The molecule has 6 nitrogen and oxygen atoms in total. The van der Waals surface area contributed by atoms with Gasteiger partial charge in [0, 0.05) is 25.9 Å². The molecule has 0 saturated heterocycles. The molecule has 0 aliphatic heterocycles. The van der Waals surface area contributed by atoms with Gasteiger partial charge in [-0.05, 0) is 18.2 Å². The smallest absolute Gasteiger partial charge is 0.158 e. The average molecular weight is 287 g/mol. The predicted molar refractivity (Wildman–Crippen MR) is 76.7 cm³/mol.